The molecule has 2 fully saturated rings. The predicted molar refractivity (Wildman–Crippen MR) is 137 cm³/mol. The number of carbonyl (C=O) groups excluding carboxylic acids is 4. The molecule has 2 aliphatic heterocycles. The van der Waals surface area contributed by atoms with Crippen molar-refractivity contribution in [3.63, 3.8) is 0 Å². The number of hydrogen-bond donors (Lipinski definition) is 0. The number of ether oxygens (including phenoxy) is 3. The van der Waals surface area contributed by atoms with Gasteiger partial charge in [-0.05, 0) is 25.5 Å². The lowest BCUT2D eigenvalue weighted by Crippen LogP contribution is -2.57. The van der Waals surface area contributed by atoms with Crippen LogP contribution in [0.1, 0.15) is 51.3 Å². The highest BCUT2D eigenvalue weighted by atomic mass is 32.3. The second-order valence-electron chi connectivity index (χ2n) is 9.94. The summed E-state index contributed by atoms with van der Waals surface area (Å²) in [5.41, 5.74) is -0.0521. The second-order valence-corrected chi connectivity index (χ2v) is 13.9. The zero-order valence-corrected chi connectivity index (χ0v) is 23.4. The van der Waals surface area contributed by atoms with Crippen LogP contribution >= 0.6 is 0 Å². The van der Waals surface area contributed by atoms with E-state index in [1.165, 1.54) is 24.3 Å². The molecule has 0 N–H and O–H groups in total. The molecule has 2 aromatic rings. The highest BCUT2D eigenvalue weighted by Gasteiger charge is 2.66. The van der Waals surface area contributed by atoms with Gasteiger partial charge in [-0.25, -0.2) is 4.79 Å². The van der Waals surface area contributed by atoms with E-state index in [0.717, 1.165) is 6.07 Å². The lowest BCUT2D eigenvalue weighted by molar-refractivity contribution is -0.163. The van der Waals surface area contributed by atoms with Crippen molar-refractivity contribution >= 4 is 43.6 Å². The minimum absolute atomic E-state index is 0.00183. The molecule has 2 saturated heterocycles. The third-order valence-electron chi connectivity index (χ3n) is 6.79. The third kappa shape index (κ3) is 4.91. The van der Waals surface area contributed by atoms with E-state index in [1.54, 1.807) is 26.0 Å². The highest BCUT2D eigenvalue weighted by molar-refractivity contribution is 8.07. The summed E-state index contributed by atoms with van der Waals surface area (Å²) in [6.45, 7) is 1.16. The van der Waals surface area contributed by atoms with Crippen LogP contribution in [0.2, 0.25) is 0 Å². The summed E-state index contributed by atoms with van der Waals surface area (Å²) < 4.78 is 75.0. The lowest BCUT2D eigenvalue weighted by atomic mass is 9.83. The minimum atomic E-state index is -5.39. The average molecular weight is 609 g/mol. The number of carbonyl (C=O) groups is 4. The molecule has 0 radical (unpaired) electrons. The smallest absolute Gasteiger partial charge is 0.377 e. The topological polar surface area (TPSA) is 183 Å². The van der Waals surface area contributed by atoms with E-state index in [-0.39, 0.29) is 34.4 Å². The maximum atomic E-state index is 13.5. The van der Waals surface area contributed by atoms with Gasteiger partial charge in [0.15, 0.2) is 17.4 Å². The van der Waals surface area contributed by atoms with E-state index in [0.29, 0.717) is 0 Å². The maximum Gasteiger partial charge on any atom is 0.377 e. The summed E-state index contributed by atoms with van der Waals surface area (Å²) in [5, 5.41) is 0. The van der Waals surface area contributed by atoms with Gasteiger partial charge in [0.05, 0.1) is 19.8 Å². The SMILES string of the molecule is CC1(C)OCC(COC(=O)C(=O)C2(Cc3ccc4c(c3)C(=O)c3ccccc3C4=O)S(=O)(=O)OCCOS2(=O)=O)O1. The fourth-order valence-corrected chi connectivity index (χ4v) is 8.40. The van der Waals surface area contributed by atoms with Crippen LogP contribution in [0, 0.1) is 0 Å². The number of fused-ring (bicyclic) bond motifs is 2. The van der Waals surface area contributed by atoms with Crippen LogP contribution in [0.4, 0.5) is 0 Å². The summed E-state index contributed by atoms with van der Waals surface area (Å²) in [6.07, 6.45) is -1.99. The van der Waals surface area contributed by atoms with Crippen LogP contribution < -0.4 is 0 Å². The molecule has 1 atom stereocenters. The molecule has 1 unspecified atom stereocenters. The van der Waals surface area contributed by atoms with Gasteiger partial charge in [-0.1, -0.05) is 36.4 Å². The summed E-state index contributed by atoms with van der Waals surface area (Å²) in [5.74, 6) is -5.82. The van der Waals surface area contributed by atoms with Crippen molar-refractivity contribution in [3.8, 4) is 0 Å². The Morgan fingerprint density at radius 2 is 1.44 bits per heavy atom. The fraction of sp³-hybridized carbons (Fsp3) is 0.385. The zero-order valence-electron chi connectivity index (χ0n) is 21.8. The van der Waals surface area contributed by atoms with Gasteiger partial charge in [-0.2, -0.15) is 16.8 Å². The monoisotopic (exact) mass is 608 g/mol. The molecule has 0 spiro atoms. The highest BCUT2D eigenvalue weighted by Crippen LogP contribution is 2.37. The van der Waals surface area contributed by atoms with Gasteiger partial charge in [-0.3, -0.25) is 22.7 Å². The zero-order chi connectivity index (χ0) is 29.8. The Morgan fingerprint density at radius 3 is 2.00 bits per heavy atom. The van der Waals surface area contributed by atoms with Gasteiger partial charge in [0.2, 0.25) is 0 Å². The van der Waals surface area contributed by atoms with E-state index in [2.05, 4.69) is 0 Å². The lowest BCUT2D eigenvalue weighted by Gasteiger charge is -2.27. The van der Waals surface area contributed by atoms with Crippen LogP contribution in [0.15, 0.2) is 42.5 Å². The number of hydrogen-bond acceptors (Lipinski definition) is 13. The van der Waals surface area contributed by atoms with Crippen molar-refractivity contribution in [2.75, 3.05) is 26.4 Å². The standard InChI is InChI=1S/C26H24O13S2/c1-25(2)36-14-16(39-25)13-35-24(30)23(29)26(40(31,32)37-9-10-38-41(26,33)34)12-15-7-8-19-20(11-15)22(28)18-6-4-3-5-17(18)21(19)27/h3-8,11,16H,9-10,12-14H2,1-2H3. The van der Waals surface area contributed by atoms with Gasteiger partial charge >= 0.3 is 5.97 Å². The molecule has 218 valence electrons. The van der Waals surface area contributed by atoms with Crippen molar-refractivity contribution < 1.29 is 58.6 Å². The van der Waals surface area contributed by atoms with E-state index in [4.69, 9.17) is 22.6 Å². The summed E-state index contributed by atoms with van der Waals surface area (Å²) >= 11 is 0. The first-order chi connectivity index (χ1) is 19.2. The molecule has 3 aliphatic rings. The Morgan fingerprint density at radius 1 is 0.878 bits per heavy atom. The Balaban J connectivity index is 1.54. The van der Waals surface area contributed by atoms with Gasteiger partial charge in [0, 0.05) is 28.7 Å². The molecule has 0 saturated carbocycles. The van der Waals surface area contributed by atoms with E-state index < -0.39 is 85.8 Å². The summed E-state index contributed by atoms with van der Waals surface area (Å²) in [6, 6.07) is 9.57. The average Bonchev–Trinajstić information content (AvgIpc) is 3.24. The molecule has 0 amide bonds. The maximum absolute atomic E-state index is 13.5. The molecule has 2 heterocycles. The van der Waals surface area contributed by atoms with Crippen LogP contribution in [-0.2, 0) is 58.8 Å². The molecule has 1 aliphatic carbocycles. The number of ketones is 3. The quantitative estimate of drug-likeness (QED) is 0.216. The van der Waals surface area contributed by atoms with E-state index >= 15 is 0 Å². The van der Waals surface area contributed by atoms with Crippen LogP contribution in [0.5, 0.6) is 0 Å². The largest absolute Gasteiger partial charge is 0.457 e. The Hall–Kier alpha value is -3.34. The minimum Gasteiger partial charge on any atom is -0.457 e. The van der Waals surface area contributed by atoms with Crippen molar-refractivity contribution in [2.45, 2.75) is 36.2 Å². The first-order valence-electron chi connectivity index (χ1n) is 12.3. The Bertz CT molecular complexity index is 1650. The van der Waals surface area contributed by atoms with Crippen LogP contribution in [-0.4, -0.2) is 82.6 Å². The third-order valence-corrected chi connectivity index (χ3v) is 11.2. The number of Topliss-reactive ketones (excluding diaryl/α,β-unsaturated/α-hetero) is 1. The molecule has 15 heteroatoms. The molecule has 2 aromatic carbocycles. The van der Waals surface area contributed by atoms with E-state index in [9.17, 15) is 36.0 Å². The van der Waals surface area contributed by atoms with Crippen LogP contribution in [0.25, 0.3) is 0 Å². The van der Waals surface area contributed by atoms with E-state index in [1.807, 2.05) is 0 Å². The molecule has 0 bridgehead atoms. The molecule has 13 nitrogen and oxygen atoms in total. The van der Waals surface area contributed by atoms with Crippen LogP contribution in [0.3, 0.4) is 0 Å². The van der Waals surface area contributed by atoms with Gasteiger partial charge in [0.1, 0.15) is 12.7 Å². The van der Waals surface area contributed by atoms with Crippen molar-refractivity contribution in [1.82, 2.24) is 0 Å². The second kappa shape index (κ2) is 10.2. The van der Waals surface area contributed by atoms with Gasteiger partial charge in [-0.15, -0.1) is 0 Å². The fourth-order valence-electron chi connectivity index (χ4n) is 4.85. The molecular weight excluding hydrogens is 584 g/mol. The first-order valence-corrected chi connectivity index (χ1v) is 15.1. The van der Waals surface area contributed by atoms with Gasteiger partial charge in [0.25, 0.3) is 30.1 Å². The Kier molecular flexibility index (Phi) is 7.24. The van der Waals surface area contributed by atoms with Gasteiger partial charge < -0.3 is 14.2 Å². The number of benzene rings is 2. The summed E-state index contributed by atoms with van der Waals surface area (Å²) in [4.78, 5) is 52.6. The van der Waals surface area contributed by atoms with Crippen molar-refractivity contribution in [1.29, 1.82) is 0 Å². The van der Waals surface area contributed by atoms with Crippen molar-refractivity contribution in [2.24, 2.45) is 0 Å². The number of rotatable bonds is 6. The first kappa shape index (κ1) is 29.2. The molecule has 5 rings (SSSR count). The molecule has 0 aromatic heterocycles. The number of esters is 1. The Labute approximate surface area is 234 Å². The molecule has 41 heavy (non-hydrogen) atoms. The molecular formula is C26H24O13S2. The summed E-state index contributed by atoms with van der Waals surface area (Å²) in [7, 11) is -10.8. The van der Waals surface area contributed by atoms with Crippen molar-refractivity contribution in [3.05, 3.63) is 70.3 Å². The normalized spacial score (nSPS) is 23.6. The predicted octanol–water partition coefficient (Wildman–Crippen LogP) is 0.671.